The van der Waals surface area contributed by atoms with Crippen LogP contribution in [0.15, 0.2) is 0 Å². The quantitative estimate of drug-likeness (QED) is 0.527. The van der Waals surface area contributed by atoms with Crippen LogP contribution in [0.25, 0.3) is 0 Å². The molecule has 5 N–H and O–H groups in total. The van der Waals surface area contributed by atoms with Crippen LogP contribution in [0, 0.1) is 5.92 Å². The van der Waals surface area contributed by atoms with E-state index in [0.717, 1.165) is 0 Å². The maximum atomic E-state index is 11.6. The molecule has 7 nitrogen and oxygen atoms in total. The van der Waals surface area contributed by atoms with Gasteiger partial charge in [-0.2, -0.15) is 0 Å². The lowest BCUT2D eigenvalue weighted by Gasteiger charge is -2.16. The first-order chi connectivity index (χ1) is 7.90. The van der Waals surface area contributed by atoms with Gasteiger partial charge in [0.15, 0.2) is 0 Å². The van der Waals surface area contributed by atoms with Crippen molar-refractivity contribution in [1.82, 2.24) is 10.6 Å². The molecule has 0 spiro atoms. The molecule has 0 aromatic rings. The Morgan fingerprint density at radius 1 is 1.35 bits per heavy atom. The number of urea groups is 1. The minimum absolute atomic E-state index is 0.138. The summed E-state index contributed by atoms with van der Waals surface area (Å²) < 4.78 is 0. The fourth-order valence-electron chi connectivity index (χ4n) is 1.94. The van der Waals surface area contributed by atoms with Crippen molar-refractivity contribution in [1.29, 1.82) is 0 Å². The normalized spacial score (nSPS) is 25.0. The monoisotopic (exact) mass is 243 g/mol. The van der Waals surface area contributed by atoms with Gasteiger partial charge < -0.3 is 21.5 Å². The molecule has 0 radical (unpaired) electrons. The molecule has 3 amide bonds. The van der Waals surface area contributed by atoms with Gasteiger partial charge in [-0.15, -0.1) is 0 Å². The minimum atomic E-state index is -0.829. The van der Waals surface area contributed by atoms with E-state index in [9.17, 15) is 14.4 Å². The maximum Gasteiger partial charge on any atom is 0.312 e. The fourth-order valence-corrected chi connectivity index (χ4v) is 1.94. The molecule has 3 atom stereocenters. The van der Waals surface area contributed by atoms with E-state index in [1.807, 2.05) is 0 Å². The molecule has 1 rings (SSSR count). The van der Waals surface area contributed by atoms with Crippen molar-refractivity contribution in [3.8, 4) is 0 Å². The zero-order valence-corrected chi connectivity index (χ0v) is 9.60. The summed E-state index contributed by atoms with van der Waals surface area (Å²) in [6.07, 6.45) is 1.65. The number of amides is 3. The average molecular weight is 243 g/mol. The molecule has 17 heavy (non-hydrogen) atoms. The Balaban J connectivity index is 2.37. The number of nitrogens with one attached hydrogen (secondary N) is 2. The number of primary amides is 1. The molecular weight excluding hydrogens is 226 g/mol. The third kappa shape index (κ3) is 3.93. The van der Waals surface area contributed by atoms with Crippen LogP contribution in [0.1, 0.15) is 26.2 Å². The summed E-state index contributed by atoms with van der Waals surface area (Å²) in [6, 6.07) is -1.61. The van der Waals surface area contributed by atoms with E-state index in [1.165, 1.54) is 6.92 Å². The van der Waals surface area contributed by atoms with Crippen LogP contribution in [-0.4, -0.2) is 35.1 Å². The van der Waals surface area contributed by atoms with Crippen LogP contribution in [0.3, 0.4) is 0 Å². The molecule has 0 saturated heterocycles. The number of hydrogen-bond donors (Lipinski definition) is 4. The van der Waals surface area contributed by atoms with Crippen molar-refractivity contribution in [3.05, 3.63) is 0 Å². The van der Waals surface area contributed by atoms with Gasteiger partial charge in [-0.25, -0.2) is 4.79 Å². The molecule has 96 valence electrons. The third-order valence-corrected chi connectivity index (χ3v) is 2.88. The van der Waals surface area contributed by atoms with E-state index in [0.29, 0.717) is 19.3 Å². The number of aliphatic carboxylic acids is 1. The summed E-state index contributed by atoms with van der Waals surface area (Å²) in [5, 5.41) is 13.8. The van der Waals surface area contributed by atoms with Crippen molar-refractivity contribution in [2.45, 2.75) is 38.3 Å². The second-order valence-corrected chi connectivity index (χ2v) is 4.28. The average Bonchev–Trinajstić information content (AvgIpc) is 2.65. The first-order valence-corrected chi connectivity index (χ1v) is 5.49. The second-order valence-electron chi connectivity index (χ2n) is 4.28. The summed E-state index contributed by atoms with van der Waals surface area (Å²) in [5.41, 5.74) is 4.89. The van der Waals surface area contributed by atoms with Gasteiger partial charge in [-0.05, 0) is 26.2 Å². The van der Waals surface area contributed by atoms with Crippen molar-refractivity contribution in [2.24, 2.45) is 11.7 Å². The highest BCUT2D eigenvalue weighted by Crippen LogP contribution is 2.25. The molecule has 0 bridgehead atoms. The first-order valence-electron chi connectivity index (χ1n) is 5.49. The molecule has 1 unspecified atom stereocenters. The molecule has 1 fully saturated rings. The van der Waals surface area contributed by atoms with Crippen LogP contribution >= 0.6 is 0 Å². The number of carbonyl (C=O) groups is 3. The van der Waals surface area contributed by atoms with Gasteiger partial charge in [-0.3, -0.25) is 9.59 Å². The number of carboxylic acid groups (broad SMARTS) is 1. The highest BCUT2D eigenvalue weighted by Gasteiger charge is 2.31. The molecule has 0 aromatic carbocycles. The summed E-state index contributed by atoms with van der Waals surface area (Å²) >= 11 is 0. The van der Waals surface area contributed by atoms with Crippen molar-refractivity contribution >= 4 is 17.9 Å². The molecule has 0 aromatic heterocycles. The fraction of sp³-hybridized carbons (Fsp3) is 0.700. The van der Waals surface area contributed by atoms with Gasteiger partial charge in [0, 0.05) is 6.04 Å². The molecule has 7 heteroatoms. The van der Waals surface area contributed by atoms with Crippen molar-refractivity contribution in [3.63, 3.8) is 0 Å². The Labute approximate surface area is 98.7 Å². The zero-order chi connectivity index (χ0) is 13.0. The predicted molar refractivity (Wildman–Crippen MR) is 59.1 cm³/mol. The SMILES string of the molecule is CC(NC(N)=O)C(=O)N[C@H]1CC[C@@H](C(=O)O)C1. The second kappa shape index (κ2) is 5.51. The first kappa shape index (κ1) is 13.3. The van der Waals surface area contributed by atoms with Gasteiger partial charge in [0.2, 0.25) is 5.91 Å². The molecule has 0 aliphatic heterocycles. The maximum absolute atomic E-state index is 11.6. The molecule has 0 heterocycles. The zero-order valence-electron chi connectivity index (χ0n) is 9.60. The van der Waals surface area contributed by atoms with Crippen molar-refractivity contribution in [2.75, 3.05) is 0 Å². The Kier molecular flexibility index (Phi) is 4.30. The molecule has 1 aliphatic carbocycles. The number of carbonyl (C=O) groups excluding carboxylic acids is 2. The largest absolute Gasteiger partial charge is 0.481 e. The van der Waals surface area contributed by atoms with E-state index < -0.39 is 18.0 Å². The van der Waals surface area contributed by atoms with Crippen LogP contribution in [0.2, 0.25) is 0 Å². The van der Waals surface area contributed by atoms with Gasteiger partial charge in [-0.1, -0.05) is 0 Å². The summed E-state index contributed by atoms with van der Waals surface area (Å²) in [7, 11) is 0. The van der Waals surface area contributed by atoms with E-state index in [1.54, 1.807) is 0 Å². The molecule has 1 aliphatic rings. The van der Waals surface area contributed by atoms with E-state index in [-0.39, 0.29) is 17.9 Å². The highest BCUT2D eigenvalue weighted by molar-refractivity contribution is 5.86. The standard InChI is InChI=1S/C10H17N3O4/c1-5(12-10(11)17)8(14)13-7-3-2-6(4-7)9(15)16/h5-7H,2-4H2,1H3,(H,13,14)(H,15,16)(H3,11,12,17)/t5?,6-,7+/m1/s1. The van der Waals surface area contributed by atoms with E-state index in [2.05, 4.69) is 10.6 Å². The lowest BCUT2D eigenvalue weighted by atomic mass is 10.1. The topological polar surface area (TPSA) is 122 Å². The van der Waals surface area contributed by atoms with Crippen LogP contribution < -0.4 is 16.4 Å². The highest BCUT2D eigenvalue weighted by atomic mass is 16.4. The number of nitrogens with two attached hydrogens (primary N) is 1. The van der Waals surface area contributed by atoms with Crippen LogP contribution in [-0.2, 0) is 9.59 Å². The lowest BCUT2D eigenvalue weighted by Crippen LogP contribution is -2.49. The number of carboxylic acids is 1. The lowest BCUT2D eigenvalue weighted by molar-refractivity contribution is -0.141. The van der Waals surface area contributed by atoms with Crippen LogP contribution in [0.5, 0.6) is 0 Å². The van der Waals surface area contributed by atoms with Gasteiger partial charge in [0.1, 0.15) is 6.04 Å². The molecular formula is C10H17N3O4. The van der Waals surface area contributed by atoms with Gasteiger partial charge >= 0.3 is 12.0 Å². The summed E-state index contributed by atoms with van der Waals surface area (Å²) in [5.74, 6) is -1.57. The summed E-state index contributed by atoms with van der Waals surface area (Å²) in [4.78, 5) is 32.9. The van der Waals surface area contributed by atoms with Crippen molar-refractivity contribution < 1.29 is 19.5 Å². The summed E-state index contributed by atoms with van der Waals surface area (Å²) in [6.45, 7) is 1.52. The molecule has 1 saturated carbocycles. The Bertz CT molecular complexity index is 332. The van der Waals surface area contributed by atoms with E-state index in [4.69, 9.17) is 10.8 Å². The van der Waals surface area contributed by atoms with E-state index >= 15 is 0 Å². The predicted octanol–water partition coefficient (Wildman–Crippen LogP) is -0.587. The number of rotatable bonds is 4. The van der Waals surface area contributed by atoms with Crippen LogP contribution in [0.4, 0.5) is 4.79 Å². The Morgan fingerprint density at radius 3 is 2.47 bits per heavy atom. The third-order valence-electron chi connectivity index (χ3n) is 2.88. The van der Waals surface area contributed by atoms with Gasteiger partial charge in [0.05, 0.1) is 5.92 Å². The Hall–Kier alpha value is -1.79. The minimum Gasteiger partial charge on any atom is -0.481 e. The smallest absolute Gasteiger partial charge is 0.312 e. The Morgan fingerprint density at radius 2 is 2.00 bits per heavy atom. The van der Waals surface area contributed by atoms with Gasteiger partial charge in [0.25, 0.3) is 0 Å². The number of hydrogen-bond acceptors (Lipinski definition) is 3.